The number of benzene rings is 1. The lowest BCUT2D eigenvalue weighted by Gasteiger charge is -2.24. The maximum absolute atomic E-state index is 12.9. The van der Waals surface area contributed by atoms with Gasteiger partial charge in [-0.05, 0) is 25.1 Å². The number of carboxylic acid groups (broad SMARTS) is 1. The van der Waals surface area contributed by atoms with Crippen LogP contribution >= 0.6 is 0 Å². The molecule has 0 aliphatic rings. The topological polar surface area (TPSA) is 64.3 Å². The SMILES string of the molecule is CC(C(=O)O)N(C)c1ccc(F)cc1C#N. The minimum absolute atomic E-state index is 0.121. The fourth-order valence-corrected chi connectivity index (χ4v) is 1.28. The predicted octanol–water partition coefficient (Wildman–Crippen LogP) is 1.61. The Bertz CT molecular complexity index is 454. The Labute approximate surface area is 92.5 Å². The minimum atomic E-state index is -1.00. The van der Waals surface area contributed by atoms with Gasteiger partial charge in [0.2, 0.25) is 0 Å². The van der Waals surface area contributed by atoms with Crippen molar-refractivity contribution in [3.8, 4) is 6.07 Å². The van der Waals surface area contributed by atoms with Crippen molar-refractivity contribution in [2.45, 2.75) is 13.0 Å². The van der Waals surface area contributed by atoms with E-state index in [4.69, 9.17) is 10.4 Å². The molecule has 1 N–H and O–H groups in total. The molecular weight excluding hydrogens is 211 g/mol. The normalized spacial score (nSPS) is 11.6. The summed E-state index contributed by atoms with van der Waals surface area (Å²) in [7, 11) is 1.55. The van der Waals surface area contributed by atoms with Gasteiger partial charge in [0.1, 0.15) is 17.9 Å². The molecule has 0 aliphatic carbocycles. The zero-order valence-corrected chi connectivity index (χ0v) is 8.94. The van der Waals surface area contributed by atoms with Gasteiger partial charge in [-0.1, -0.05) is 0 Å². The number of hydrogen-bond acceptors (Lipinski definition) is 3. The lowest BCUT2D eigenvalue weighted by atomic mass is 10.1. The zero-order valence-electron chi connectivity index (χ0n) is 8.94. The van der Waals surface area contributed by atoms with Gasteiger partial charge in [0.25, 0.3) is 0 Å². The molecule has 0 heterocycles. The van der Waals surface area contributed by atoms with Crippen LogP contribution in [-0.2, 0) is 4.79 Å². The van der Waals surface area contributed by atoms with Gasteiger partial charge in [-0.3, -0.25) is 0 Å². The van der Waals surface area contributed by atoms with Crippen LogP contribution in [0.15, 0.2) is 18.2 Å². The number of rotatable bonds is 3. The molecule has 0 saturated heterocycles. The Kier molecular flexibility index (Phi) is 3.46. The lowest BCUT2D eigenvalue weighted by molar-refractivity contribution is -0.138. The number of nitrogens with zero attached hydrogens (tertiary/aromatic N) is 2. The second-order valence-corrected chi connectivity index (χ2v) is 3.40. The van der Waals surface area contributed by atoms with Crippen LogP contribution in [0.1, 0.15) is 12.5 Å². The van der Waals surface area contributed by atoms with Crippen LogP contribution in [0, 0.1) is 17.1 Å². The van der Waals surface area contributed by atoms with E-state index < -0.39 is 17.8 Å². The molecule has 4 nitrogen and oxygen atoms in total. The number of carboxylic acids is 1. The molecule has 1 aromatic rings. The largest absolute Gasteiger partial charge is 0.480 e. The van der Waals surface area contributed by atoms with Gasteiger partial charge in [-0.15, -0.1) is 0 Å². The van der Waals surface area contributed by atoms with Crippen LogP contribution < -0.4 is 4.90 Å². The van der Waals surface area contributed by atoms with E-state index in [2.05, 4.69) is 0 Å². The lowest BCUT2D eigenvalue weighted by Crippen LogP contribution is -2.36. The summed E-state index contributed by atoms with van der Waals surface area (Å²) in [6.07, 6.45) is 0. The molecule has 84 valence electrons. The third kappa shape index (κ3) is 2.28. The predicted molar refractivity (Wildman–Crippen MR) is 56.6 cm³/mol. The van der Waals surface area contributed by atoms with Crippen molar-refractivity contribution in [3.05, 3.63) is 29.6 Å². The zero-order chi connectivity index (χ0) is 12.3. The number of hydrogen-bond donors (Lipinski definition) is 1. The highest BCUT2D eigenvalue weighted by Gasteiger charge is 2.19. The Morgan fingerprint density at radius 2 is 2.25 bits per heavy atom. The van der Waals surface area contributed by atoms with Gasteiger partial charge in [0, 0.05) is 7.05 Å². The summed E-state index contributed by atoms with van der Waals surface area (Å²) in [4.78, 5) is 12.2. The average molecular weight is 222 g/mol. The Balaban J connectivity index is 3.14. The second kappa shape index (κ2) is 4.62. The van der Waals surface area contributed by atoms with Crippen molar-refractivity contribution in [3.63, 3.8) is 0 Å². The van der Waals surface area contributed by atoms with Crippen LogP contribution in [0.5, 0.6) is 0 Å². The van der Waals surface area contributed by atoms with Crippen LogP contribution in [0.3, 0.4) is 0 Å². The maximum atomic E-state index is 12.9. The van der Waals surface area contributed by atoms with Gasteiger partial charge in [-0.2, -0.15) is 5.26 Å². The first kappa shape index (κ1) is 12.0. The first-order valence-corrected chi connectivity index (χ1v) is 4.62. The number of aliphatic carboxylic acids is 1. The first-order valence-electron chi connectivity index (χ1n) is 4.62. The summed E-state index contributed by atoms with van der Waals surface area (Å²) in [5.74, 6) is -1.52. The summed E-state index contributed by atoms with van der Waals surface area (Å²) in [6, 6.07) is 4.73. The monoisotopic (exact) mass is 222 g/mol. The van der Waals surface area contributed by atoms with Crippen molar-refractivity contribution in [2.24, 2.45) is 0 Å². The molecule has 16 heavy (non-hydrogen) atoms. The third-order valence-corrected chi connectivity index (χ3v) is 2.40. The van der Waals surface area contributed by atoms with Crippen molar-refractivity contribution in [1.29, 1.82) is 5.26 Å². The molecule has 0 saturated carbocycles. The molecule has 0 aromatic heterocycles. The van der Waals surface area contributed by atoms with E-state index >= 15 is 0 Å². The minimum Gasteiger partial charge on any atom is -0.480 e. The van der Waals surface area contributed by atoms with Crippen LogP contribution in [0.4, 0.5) is 10.1 Å². The van der Waals surface area contributed by atoms with Crippen molar-refractivity contribution in [2.75, 3.05) is 11.9 Å². The molecule has 1 aromatic carbocycles. The van der Waals surface area contributed by atoms with E-state index in [-0.39, 0.29) is 5.56 Å². The maximum Gasteiger partial charge on any atom is 0.326 e. The second-order valence-electron chi connectivity index (χ2n) is 3.40. The highest BCUT2D eigenvalue weighted by atomic mass is 19.1. The molecule has 1 atom stereocenters. The first-order chi connectivity index (χ1) is 7.47. The van der Waals surface area contributed by atoms with Crippen molar-refractivity contribution >= 4 is 11.7 Å². The third-order valence-electron chi connectivity index (χ3n) is 2.40. The summed E-state index contributed by atoms with van der Waals surface area (Å²) >= 11 is 0. The molecule has 0 aliphatic heterocycles. The number of likely N-dealkylation sites (N-methyl/N-ethyl adjacent to an activating group) is 1. The van der Waals surface area contributed by atoms with E-state index in [0.29, 0.717) is 5.69 Å². The summed E-state index contributed by atoms with van der Waals surface area (Å²) in [6.45, 7) is 1.49. The highest BCUT2D eigenvalue weighted by molar-refractivity contribution is 5.78. The van der Waals surface area contributed by atoms with E-state index in [9.17, 15) is 9.18 Å². The Morgan fingerprint density at radius 3 is 2.75 bits per heavy atom. The van der Waals surface area contributed by atoms with Crippen LogP contribution in [-0.4, -0.2) is 24.2 Å². The molecule has 1 rings (SSSR count). The van der Waals surface area contributed by atoms with Gasteiger partial charge >= 0.3 is 5.97 Å². The van der Waals surface area contributed by atoms with Crippen LogP contribution in [0.2, 0.25) is 0 Å². The number of carbonyl (C=O) groups is 1. The van der Waals surface area contributed by atoms with E-state index in [1.807, 2.05) is 6.07 Å². The molecule has 0 radical (unpaired) electrons. The smallest absolute Gasteiger partial charge is 0.326 e. The quantitative estimate of drug-likeness (QED) is 0.843. The summed E-state index contributed by atoms with van der Waals surface area (Å²) < 4.78 is 12.9. The molecule has 0 fully saturated rings. The average Bonchev–Trinajstić information content (AvgIpc) is 2.26. The van der Waals surface area contributed by atoms with E-state index in [1.54, 1.807) is 7.05 Å². The number of nitriles is 1. The van der Waals surface area contributed by atoms with Gasteiger partial charge in [0.05, 0.1) is 11.3 Å². The Hall–Kier alpha value is -2.09. The molecule has 5 heteroatoms. The fourth-order valence-electron chi connectivity index (χ4n) is 1.28. The summed E-state index contributed by atoms with van der Waals surface area (Å²) in [5, 5.41) is 17.7. The standard InChI is InChI=1S/C11H11FN2O2/c1-7(11(15)16)14(2)10-4-3-9(12)5-8(10)6-13/h3-5,7H,1-2H3,(H,15,16). The molecule has 1 unspecified atom stereocenters. The highest BCUT2D eigenvalue weighted by Crippen LogP contribution is 2.21. The number of halogens is 1. The van der Waals surface area contributed by atoms with Gasteiger partial charge in [0.15, 0.2) is 0 Å². The molecular formula is C11H11FN2O2. The van der Waals surface area contributed by atoms with E-state index in [0.717, 1.165) is 6.07 Å². The van der Waals surface area contributed by atoms with E-state index in [1.165, 1.54) is 24.0 Å². The van der Waals surface area contributed by atoms with Gasteiger partial charge < -0.3 is 10.0 Å². The van der Waals surface area contributed by atoms with Crippen molar-refractivity contribution in [1.82, 2.24) is 0 Å². The number of anilines is 1. The summed E-state index contributed by atoms with van der Waals surface area (Å²) in [5.41, 5.74) is 0.523. The Morgan fingerprint density at radius 1 is 1.62 bits per heavy atom. The van der Waals surface area contributed by atoms with Crippen LogP contribution in [0.25, 0.3) is 0 Å². The van der Waals surface area contributed by atoms with Crippen molar-refractivity contribution < 1.29 is 14.3 Å². The fraction of sp³-hybridized carbons (Fsp3) is 0.273. The molecule has 0 spiro atoms. The molecule has 0 bridgehead atoms. The van der Waals surface area contributed by atoms with Gasteiger partial charge in [-0.25, -0.2) is 9.18 Å². The molecule has 0 amide bonds.